The molecule has 5 rings (SSSR count). The Morgan fingerprint density at radius 3 is 1.28 bits per heavy atom. The van der Waals surface area contributed by atoms with Crippen molar-refractivity contribution in [2.24, 2.45) is 0 Å². The molecule has 0 aliphatic rings. The van der Waals surface area contributed by atoms with Crippen LogP contribution >= 0.6 is 0 Å². The van der Waals surface area contributed by atoms with Gasteiger partial charge in [-0.2, -0.15) is 0 Å². The summed E-state index contributed by atoms with van der Waals surface area (Å²) in [5.74, 6) is 0. The molecule has 5 aromatic rings. The van der Waals surface area contributed by atoms with E-state index >= 15 is 0 Å². The molecule has 1 heterocycles. The molecule has 2 nitrogen and oxygen atoms in total. The monoisotopic (exact) mass is 476 g/mol. The van der Waals surface area contributed by atoms with Gasteiger partial charge in [0.1, 0.15) is 0 Å². The Kier molecular flexibility index (Phi) is 5.52. The lowest BCUT2D eigenvalue weighted by Gasteiger charge is -2.21. The van der Waals surface area contributed by atoms with Gasteiger partial charge in [0.05, 0.1) is 11.0 Å². The number of hydrogen-bond acceptors (Lipinski definition) is 1. The zero-order valence-electron chi connectivity index (χ0n) is 24.2. The van der Waals surface area contributed by atoms with E-state index in [9.17, 15) is 0 Å². The van der Waals surface area contributed by atoms with Gasteiger partial charge in [-0.3, -0.25) is 0 Å². The molecule has 0 unspecified atom stereocenters. The van der Waals surface area contributed by atoms with Crippen molar-refractivity contribution >= 4 is 38.3 Å². The SMILES string of the molecule is Cc1c(C)c(C)c2c(c1C)c(C)c(C)c1c3c(C)c(C)c(C)c(C)c3n(-c3ccc(N(C)C)cc3)c21. The van der Waals surface area contributed by atoms with Crippen molar-refractivity contribution in [3.05, 3.63) is 79.9 Å². The third-order valence-corrected chi connectivity index (χ3v) is 9.45. The minimum absolute atomic E-state index is 1.22. The minimum Gasteiger partial charge on any atom is -0.378 e. The summed E-state index contributed by atoms with van der Waals surface area (Å²) in [4.78, 5) is 2.17. The molecule has 0 saturated heterocycles. The highest BCUT2D eigenvalue weighted by Gasteiger charge is 2.26. The molecule has 36 heavy (non-hydrogen) atoms. The van der Waals surface area contributed by atoms with E-state index in [1.165, 1.54) is 99.6 Å². The Hall–Kier alpha value is -3.26. The van der Waals surface area contributed by atoms with Crippen molar-refractivity contribution in [3.8, 4) is 5.69 Å². The van der Waals surface area contributed by atoms with Gasteiger partial charge in [0.25, 0.3) is 0 Å². The van der Waals surface area contributed by atoms with Crippen molar-refractivity contribution in [3.63, 3.8) is 0 Å². The summed E-state index contributed by atoms with van der Waals surface area (Å²) in [6.45, 7) is 23.1. The molecular formula is C34H40N2. The molecule has 0 N–H and O–H groups in total. The lowest BCUT2D eigenvalue weighted by molar-refractivity contribution is 1.11. The second kappa shape index (κ2) is 8.13. The van der Waals surface area contributed by atoms with Crippen LogP contribution in [-0.4, -0.2) is 18.7 Å². The Morgan fingerprint density at radius 1 is 0.417 bits per heavy atom. The topological polar surface area (TPSA) is 8.17 Å². The lowest BCUT2D eigenvalue weighted by atomic mass is 9.85. The molecule has 0 aliphatic carbocycles. The molecule has 186 valence electrons. The summed E-state index contributed by atoms with van der Waals surface area (Å²) >= 11 is 0. The van der Waals surface area contributed by atoms with Gasteiger partial charge in [-0.25, -0.2) is 0 Å². The molecule has 0 amide bonds. The van der Waals surface area contributed by atoms with Crippen LogP contribution in [0.1, 0.15) is 55.6 Å². The fraction of sp³-hybridized carbons (Fsp3) is 0.353. The first-order valence-corrected chi connectivity index (χ1v) is 13.1. The summed E-state index contributed by atoms with van der Waals surface area (Å²) in [6, 6.07) is 9.07. The Morgan fingerprint density at radius 2 is 0.778 bits per heavy atom. The van der Waals surface area contributed by atoms with E-state index < -0.39 is 0 Å². The number of rotatable bonds is 2. The number of fused-ring (bicyclic) bond motifs is 5. The van der Waals surface area contributed by atoms with Gasteiger partial charge in [0, 0.05) is 41.6 Å². The second-order valence-corrected chi connectivity index (χ2v) is 11.2. The summed E-state index contributed by atoms with van der Waals surface area (Å²) in [6.07, 6.45) is 0. The Balaban J connectivity index is 2.19. The van der Waals surface area contributed by atoms with Crippen molar-refractivity contribution in [1.29, 1.82) is 0 Å². The van der Waals surface area contributed by atoms with Gasteiger partial charge < -0.3 is 9.47 Å². The van der Waals surface area contributed by atoms with Crippen LogP contribution < -0.4 is 4.90 Å². The fourth-order valence-electron chi connectivity index (χ4n) is 6.43. The minimum atomic E-state index is 1.22. The second-order valence-electron chi connectivity index (χ2n) is 11.2. The number of benzene rings is 4. The van der Waals surface area contributed by atoms with E-state index in [1.807, 2.05) is 0 Å². The molecule has 2 heteroatoms. The van der Waals surface area contributed by atoms with Crippen LogP contribution in [0.2, 0.25) is 0 Å². The first-order chi connectivity index (χ1) is 16.9. The maximum atomic E-state index is 2.58. The Labute approximate surface area is 216 Å². The average Bonchev–Trinajstić information content (AvgIpc) is 3.21. The van der Waals surface area contributed by atoms with Crippen LogP contribution in [-0.2, 0) is 0 Å². The van der Waals surface area contributed by atoms with Crippen LogP contribution in [0.3, 0.4) is 0 Å². The summed E-state index contributed by atoms with van der Waals surface area (Å²) in [5, 5.41) is 5.68. The van der Waals surface area contributed by atoms with E-state index in [0.29, 0.717) is 0 Å². The van der Waals surface area contributed by atoms with Gasteiger partial charge in [-0.05, 0) is 155 Å². The molecule has 0 aliphatic heterocycles. The predicted octanol–water partition coefficient (Wildman–Crippen LogP) is 9.09. The van der Waals surface area contributed by atoms with Crippen LogP contribution in [0, 0.1) is 69.2 Å². The number of aryl methyl sites for hydroxylation is 6. The maximum Gasteiger partial charge on any atom is 0.0625 e. The first-order valence-electron chi connectivity index (χ1n) is 13.1. The van der Waals surface area contributed by atoms with Crippen LogP contribution in [0.15, 0.2) is 24.3 Å². The van der Waals surface area contributed by atoms with Gasteiger partial charge in [0.15, 0.2) is 0 Å². The van der Waals surface area contributed by atoms with Gasteiger partial charge in [-0.1, -0.05) is 0 Å². The molecule has 0 atom stereocenters. The number of nitrogens with zero attached hydrogens (tertiary/aromatic N) is 2. The van der Waals surface area contributed by atoms with Crippen molar-refractivity contribution < 1.29 is 0 Å². The number of anilines is 1. The normalized spacial score (nSPS) is 11.9. The van der Waals surface area contributed by atoms with Crippen molar-refractivity contribution in [2.75, 3.05) is 19.0 Å². The smallest absolute Gasteiger partial charge is 0.0625 e. The fourth-order valence-corrected chi connectivity index (χ4v) is 6.43. The highest BCUT2D eigenvalue weighted by Crippen LogP contribution is 2.46. The number of hydrogen-bond donors (Lipinski definition) is 0. The quantitative estimate of drug-likeness (QED) is 0.247. The highest BCUT2D eigenvalue weighted by molar-refractivity contribution is 6.24. The zero-order chi connectivity index (χ0) is 26.4. The van der Waals surface area contributed by atoms with Gasteiger partial charge in [0.2, 0.25) is 0 Å². The Bertz CT molecular complexity index is 1730. The molecule has 1 aromatic heterocycles. The van der Waals surface area contributed by atoms with E-state index in [4.69, 9.17) is 0 Å². The van der Waals surface area contributed by atoms with Crippen LogP contribution in [0.4, 0.5) is 5.69 Å². The third-order valence-electron chi connectivity index (χ3n) is 9.45. The molecule has 0 radical (unpaired) electrons. The third kappa shape index (κ3) is 3.03. The summed E-state index contributed by atoms with van der Waals surface area (Å²) < 4.78 is 2.58. The largest absolute Gasteiger partial charge is 0.378 e. The highest BCUT2D eigenvalue weighted by atomic mass is 15.1. The van der Waals surface area contributed by atoms with Gasteiger partial charge >= 0.3 is 0 Å². The zero-order valence-corrected chi connectivity index (χ0v) is 24.2. The van der Waals surface area contributed by atoms with E-state index in [2.05, 4.69) is 117 Å². The molecule has 0 fully saturated rings. The maximum absolute atomic E-state index is 2.58. The molecule has 0 saturated carbocycles. The van der Waals surface area contributed by atoms with Crippen molar-refractivity contribution in [1.82, 2.24) is 4.57 Å². The molecule has 4 aromatic carbocycles. The van der Waals surface area contributed by atoms with E-state index in [1.54, 1.807) is 0 Å². The van der Waals surface area contributed by atoms with Crippen molar-refractivity contribution in [2.45, 2.75) is 69.2 Å². The lowest BCUT2D eigenvalue weighted by Crippen LogP contribution is -2.08. The summed E-state index contributed by atoms with van der Waals surface area (Å²) in [5.41, 5.74) is 19.2. The average molecular weight is 477 g/mol. The molecule has 0 spiro atoms. The predicted molar refractivity (Wildman–Crippen MR) is 160 cm³/mol. The van der Waals surface area contributed by atoms with Crippen LogP contribution in [0.5, 0.6) is 0 Å². The van der Waals surface area contributed by atoms with E-state index in [0.717, 1.165) is 0 Å². The molecule has 0 bridgehead atoms. The van der Waals surface area contributed by atoms with Crippen LogP contribution in [0.25, 0.3) is 38.3 Å². The molecular weight excluding hydrogens is 436 g/mol. The van der Waals surface area contributed by atoms with Gasteiger partial charge in [-0.15, -0.1) is 0 Å². The number of aromatic nitrogens is 1. The van der Waals surface area contributed by atoms with E-state index in [-0.39, 0.29) is 0 Å². The first kappa shape index (κ1) is 24.4. The standard InChI is InChI=1S/C34H40N2/c1-17-18(2)22(6)30-29(21(17)5)24(8)25(9)32-31-23(7)19(3)20(4)26(10)33(31)36(34(30)32)28-15-13-27(14-16-28)35(11)12/h13-16H,1-12H3. The summed E-state index contributed by atoms with van der Waals surface area (Å²) in [7, 11) is 4.21.